The lowest BCUT2D eigenvalue weighted by atomic mass is 9.91. The molecule has 2 saturated heterocycles. The third-order valence-electron chi connectivity index (χ3n) is 5.12. The lowest BCUT2D eigenvalue weighted by Gasteiger charge is -2.32. The van der Waals surface area contributed by atoms with Crippen LogP contribution in [0.3, 0.4) is 0 Å². The van der Waals surface area contributed by atoms with E-state index in [2.05, 4.69) is 4.90 Å². The van der Waals surface area contributed by atoms with Gasteiger partial charge in [-0.1, -0.05) is 45.4 Å². The van der Waals surface area contributed by atoms with Crippen molar-refractivity contribution in [1.82, 2.24) is 4.90 Å². The molecule has 2 heterocycles. The fourth-order valence-corrected chi connectivity index (χ4v) is 3.76. The van der Waals surface area contributed by atoms with Gasteiger partial charge in [0.1, 0.15) is 12.1 Å². The van der Waals surface area contributed by atoms with Crippen molar-refractivity contribution in [2.45, 2.75) is 83.3 Å². The van der Waals surface area contributed by atoms with Gasteiger partial charge in [-0.2, -0.15) is 0 Å². The molecule has 0 amide bonds. The molecule has 3 atom stereocenters. The molecule has 0 aromatic heterocycles. The van der Waals surface area contributed by atoms with Gasteiger partial charge in [0.25, 0.3) is 0 Å². The minimum atomic E-state index is -0.255. The zero-order valence-electron chi connectivity index (χ0n) is 14.2. The molecule has 22 heavy (non-hydrogen) atoms. The largest absolute Gasteiger partial charge is 0.460 e. The monoisotopic (exact) mass is 309 g/mol. The fraction of sp³-hybridized carbons (Fsp3) is 0.889. The van der Waals surface area contributed by atoms with E-state index in [0.717, 1.165) is 25.8 Å². The number of carbonyl (C=O) groups excluding carboxylic acids is 2. The Morgan fingerprint density at radius 2 is 1.55 bits per heavy atom. The van der Waals surface area contributed by atoms with E-state index in [4.69, 9.17) is 4.74 Å². The summed E-state index contributed by atoms with van der Waals surface area (Å²) >= 11 is 0. The summed E-state index contributed by atoms with van der Waals surface area (Å²) in [5.41, 5.74) is 0. The number of Topliss-reactive ketones (excluding diaryl/α,β-unsaturated/α-hetero) is 1. The summed E-state index contributed by atoms with van der Waals surface area (Å²) in [5.74, 6) is 0.245. The van der Waals surface area contributed by atoms with Crippen molar-refractivity contribution in [3.8, 4) is 0 Å². The molecule has 0 radical (unpaired) electrons. The Labute approximate surface area is 134 Å². The van der Waals surface area contributed by atoms with Crippen LogP contribution in [0.1, 0.15) is 71.1 Å². The Morgan fingerprint density at radius 3 is 2.14 bits per heavy atom. The predicted molar refractivity (Wildman–Crippen MR) is 86.6 cm³/mol. The van der Waals surface area contributed by atoms with Crippen molar-refractivity contribution in [3.05, 3.63) is 0 Å². The topological polar surface area (TPSA) is 46.6 Å². The zero-order chi connectivity index (χ0) is 15.9. The van der Waals surface area contributed by atoms with Crippen molar-refractivity contribution in [2.75, 3.05) is 13.6 Å². The highest BCUT2D eigenvalue weighted by Gasteiger charge is 2.42. The van der Waals surface area contributed by atoms with Crippen LogP contribution in [-0.2, 0) is 14.3 Å². The SMILES string of the molecule is C[C@@H]1CC(=O)OC1[C@H]1C(=O)CCCCCCCCCCN1C. The Hall–Kier alpha value is -0.900. The van der Waals surface area contributed by atoms with Gasteiger partial charge in [0.05, 0.1) is 6.42 Å². The van der Waals surface area contributed by atoms with Crippen LogP contribution < -0.4 is 0 Å². The molecule has 2 fully saturated rings. The molecule has 1 unspecified atom stereocenters. The molecular formula is C18H31NO3. The highest BCUT2D eigenvalue weighted by Crippen LogP contribution is 2.28. The average molecular weight is 309 g/mol. The zero-order valence-corrected chi connectivity index (χ0v) is 14.2. The van der Waals surface area contributed by atoms with Crippen LogP contribution in [-0.4, -0.2) is 42.4 Å². The van der Waals surface area contributed by atoms with E-state index in [1.165, 1.54) is 32.1 Å². The minimum absolute atomic E-state index is 0.139. The highest BCUT2D eigenvalue weighted by atomic mass is 16.6. The molecule has 0 N–H and O–H groups in total. The average Bonchev–Trinajstić information content (AvgIpc) is 2.79. The Balaban J connectivity index is 2.05. The molecule has 0 aromatic rings. The number of rotatable bonds is 1. The Kier molecular flexibility index (Phi) is 6.87. The van der Waals surface area contributed by atoms with Crippen molar-refractivity contribution in [3.63, 3.8) is 0 Å². The summed E-state index contributed by atoms with van der Waals surface area (Å²) < 4.78 is 5.50. The Morgan fingerprint density at radius 1 is 0.955 bits per heavy atom. The van der Waals surface area contributed by atoms with Crippen molar-refractivity contribution in [2.24, 2.45) is 5.92 Å². The van der Waals surface area contributed by atoms with E-state index in [9.17, 15) is 9.59 Å². The van der Waals surface area contributed by atoms with E-state index in [0.29, 0.717) is 12.8 Å². The number of hydrogen-bond acceptors (Lipinski definition) is 4. The number of ketones is 1. The summed E-state index contributed by atoms with van der Waals surface area (Å²) in [4.78, 5) is 26.5. The molecule has 2 aliphatic heterocycles. The first kappa shape index (κ1) is 17.5. The molecule has 126 valence electrons. The number of nitrogens with zero attached hydrogens (tertiary/aromatic N) is 1. The second-order valence-corrected chi connectivity index (χ2v) is 7.11. The molecular weight excluding hydrogens is 278 g/mol. The molecule has 0 aromatic carbocycles. The van der Waals surface area contributed by atoms with Crippen LogP contribution in [0.4, 0.5) is 0 Å². The quantitative estimate of drug-likeness (QED) is 0.697. The standard InChI is InChI=1S/C18H31NO3/c1-14-13-16(21)22-18(14)17-15(20)11-9-7-5-3-4-6-8-10-12-19(17)2/h14,17-18H,3-13H2,1-2H3/t14-,17-,18?/m1/s1. The minimum Gasteiger partial charge on any atom is -0.460 e. The molecule has 0 saturated carbocycles. The molecule has 0 aliphatic carbocycles. The van der Waals surface area contributed by atoms with Crippen LogP contribution in [0.5, 0.6) is 0 Å². The number of carbonyl (C=O) groups is 2. The first-order valence-electron chi connectivity index (χ1n) is 9.02. The first-order chi connectivity index (χ1) is 10.6. The molecule has 4 nitrogen and oxygen atoms in total. The van der Waals surface area contributed by atoms with Crippen LogP contribution in [0.2, 0.25) is 0 Å². The van der Waals surface area contributed by atoms with Crippen LogP contribution in [0, 0.1) is 5.92 Å². The number of cyclic esters (lactones) is 1. The molecule has 4 heteroatoms. The highest BCUT2D eigenvalue weighted by molar-refractivity contribution is 5.86. The summed E-state index contributed by atoms with van der Waals surface area (Å²) in [5, 5.41) is 0. The maximum absolute atomic E-state index is 12.7. The molecule has 0 spiro atoms. The second-order valence-electron chi connectivity index (χ2n) is 7.11. The van der Waals surface area contributed by atoms with Gasteiger partial charge in [0.2, 0.25) is 0 Å². The van der Waals surface area contributed by atoms with E-state index in [1.54, 1.807) is 0 Å². The number of hydrogen-bond donors (Lipinski definition) is 0. The van der Waals surface area contributed by atoms with E-state index in [1.807, 2.05) is 14.0 Å². The molecule has 2 rings (SSSR count). The van der Waals surface area contributed by atoms with E-state index >= 15 is 0 Å². The predicted octanol–water partition coefficient (Wildman–Crippen LogP) is 3.33. The van der Waals surface area contributed by atoms with Crippen LogP contribution in [0.25, 0.3) is 0 Å². The summed E-state index contributed by atoms with van der Waals surface area (Å²) in [6.07, 6.45) is 10.4. The van der Waals surface area contributed by atoms with Gasteiger partial charge in [-0.25, -0.2) is 0 Å². The smallest absolute Gasteiger partial charge is 0.306 e. The van der Waals surface area contributed by atoms with Crippen molar-refractivity contribution < 1.29 is 14.3 Å². The van der Waals surface area contributed by atoms with Gasteiger partial charge in [-0.15, -0.1) is 0 Å². The van der Waals surface area contributed by atoms with Gasteiger partial charge in [0.15, 0.2) is 5.78 Å². The maximum atomic E-state index is 12.7. The first-order valence-corrected chi connectivity index (χ1v) is 9.02. The molecule has 2 aliphatic rings. The van der Waals surface area contributed by atoms with Gasteiger partial charge in [-0.05, 0) is 26.4 Å². The van der Waals surface area contributed by atoms with Gasteiger partial charge in [-0.3, -0.25) is 14.5 Å². The number of ether oxygens (including phenoxy) is 1. The van der Waals surface area contributed by atoms with E-state index < -0.39 is 0 Å². The fourth-order valence-electron chi connectivity index (χ4n) is 3.76. The lowest BCUT2D eigenvalue weighted by Crippen LogP contribution is -2.49. The molecule has 0 bridgehead atoms. The number of esters is 1. The van der Waals surface area contributed by atoms with E-state index in [-0.39, 0.29) is 29.8 Å². The summed E-state index contributed by atoms with van der Waals surface area (Å²) in [6.45, 7) is 2.94. The number of likely N-dealkylation sites (N-methyl/N-ethyl adjacent to an activating group) is 1. The maximum Gasteiger partial charge on any atom is 0.306 e. The Bertz CT molecular complexity index is 383. The second kappa shape index (κ2) is 8.66. The van der Waals surface area contributed by atoms with Crippen molar-refractivity contribution >= 4 is 11.8 Å². The van der Waals surface area contributed by atoms with Gasteiger partial charge >= 0.3 is 5.97 Å². The lowest BCUT2D eigenvalue weighted by molar-refractivity contribution is -0.146. The van der Waals surface area contributed by atoms with Crippen LogP contribution in [0.15, 0.2) is 0 Å². The summed E-state index contributed by atoms with van der Waals surface area (Å²) in [7, 11) is 2.01. The van der Waals surface area contributed by atoms with Gasteiger partial charge in [0, 0.05) is 12.3 Å². The van der Waals surface area contributed by atoms with Gasteiger partial charge < -0.3 is 4.74 Å². The summed E-state index contributed by atoms with van der Waals surface area (Å²) in [6, 6.07) is -0.248. The third-order valence-corrected chi connectivity index (χ3v) is 5.12. The van der Waals surface area contributed by atoms with Crippen LogP contribution >= 0.6 is 0 Å². The third kappa shape index (κ3) is 4.80. The van der Waals surface area contributed by atoms with Crippen molar-refractivity contribution in [1.29, 1.82) is 0 Å². The normalized spacial score (nSPS) is 33.6.